The third-order valence-electron chi connectivity index (χ3n) is 2.57. The van der Waals surface area contributed by atoms with E-state index in [4.69, 9.17) is 23.2 Å². The molecule has 0 aliphatic heterocycles. The van der Waals surface area contributed by atoms with E-state index < -0.39 is 5.82 Å². The summed E-state index contributed by atoms with van der Waals surface area (Å²) in [6.07, 6.45) is 1.39. The highest BCUT2D eigenvalue weighted by molar-refractivity contribution is 6.31. The second-order valence-electron chi connectivity index (χ2n) is 4.01. The molecule has 0 saturated carbocycles. The van der Waals surface area contributed by atoms with Gasteiger partial charge in [0.25, 0.3) is 0 Å². The fourth-order valence-electron chi connectivity index (χ4n) is 1.77. The highest BCUT2D eigenvalue weighted by Gasteiger charge is 2.07. The van der Waals surface area contributed by atoms with Crippen LogP contribution in [-0.4, -0.2) is 15.0 Å². The fraction of sp³-hybridized carbons (Fsp3) is 0. The zero-order chi connectivity index (χ0) is 14.1. The first-order valence-corrected chi connectivity index (χ1v) is 6.38. The van der Waals surface area contributed by atoms with Crippen LogP contribution in [0.4, 0.5) is 15.9 Å². The second-order valence-corrected chi connectivity index (χ2v) is 4.83. The van der Waals surface area contributed by atoms with Gasteiger partial charge in [-0.25, -0.2) is 19.3 Å². The van der Waals surface area contributed by atoms with Crippen LogP contribution in [0.1, 0.15) is 0 Å². The summed E-state index contributed by atoms with van der Waals surface area (Å²) in [6.45, 7) is 0. The third kappa shape index (κ3) is 2.64. The monoisotopic (exact) mass is 308 g/mol. The number of nitrogens with zero attached hydrogens (tertiary/aromatic N) is 3. The van der Waals surface area contributed by atoms with Crippen molar-refractivity contribution in [3.05, 3.63) is 52.7 Å². The van der Waals surface area contributed by atoms with Gasteiger partial charge in [0.15, 0.2) is 5.82 Å². The molecule has 4 nitrogen and oxygen atoms in total. The van der Waals surface area contributed by atoms with Crippen LogP contribution >= 0.6 is 23.2 Å². The Kier molecular flexibility index (Phi) is 3.38. The molecule has 20 heavy (non-hydrogen) atoms. The Morgan fingerprint density at radius 1 is 1.05 bits per heavy atom. The van der Waals surface area contributed by atoms with Crippen LogP contribution in [0, 0.1) is 5.82 Å². The molecule has 0 unspecified atom stereocenters. The van der Waals surface area contributed by atoms with Crippen molar-refractivity contribution in [2.45, 2.75) is 0 Å². The minimum Gasteiger partial charge on any atom is -0.338 e. The molecule has 0 amide bonds. The lowest BCUT2D eigenvalue weighted by atomic mass is 10.3. The van der Waals surface area contributed by atoms with E-state index in [0.29, 0.717) is 27.7 Å². The largest absolute Gasteiger partial charge is 0.338 e. The van der Waals surface area contributed by atoms with Gasteiger partial charge in [-0.3, -0.25) is 0 Å². The minimum absolute atomic E-state index is 0.289. The molecular formula is C13H7Cl2FN4. The quantitative estimate of drug-likeness (QED) is 0.720. The Morgan fingerprint density at radius 2 is 1.90 bits per heavy atom. The van der Waals surface area contributed by atoms with Crippen molar-refractivity contribution >= 4 is 45.7 Å². The van der Waals surface area contributed by atoms with Crippen LogP contribution < -0.4 is 5.32 Å². The van der Waals surface area contributed by atoms with Gasteiger partial charge in [0.05, 0.1) is 5.52 Å². The molecule has 0 aliphatic carbocycles. The minimum atomic E-state index is -0.440. The Morgan fingerprint density at radius 3 is 2.70 bits per heavy atom. The number of anilines is 2. The number of nitrogens with one attached hydrogen (secondary N) is 1. The van der Waals surface area contributed by atoms with Crippen molar-refractivity contribution in [1.82, 2.24) is 15.0 Å². The lowest BCUT2D eigenvalue weighted by Gasteiger charge is -2.08. The second kappa shape index (κ2) is 5.19. The summed E-state index contributed by atoms with van der Waals surface area (Å²) in [6, 6.07) is 7.49. The van der Waals surface area contributed by atoms with Gasteiger partial charge in [-0.15, -0.1) is 0 Å². The standard InChI is InChI=1S/C13H7Cl2FN4/c14-7-3-8(16)5-9(4-7)19-13-12-10(17-6-18-13)1-2-11(15)20-12/h1-6H,(H,17,18,19). The molecule has 0 fully saturated rings. The van der Waals surface area contributed by atoms with Crippen LogP contribution in [0.15, 0.2) is 36.7 Å². The van der Waals surface area contributed by atoms with E-state index in [1.807, 2.05) is 0 Å². The fourth-order valence-corrected chi connectivity index (χ4v) is 2.14. The van der Waals surface area contributed by atoms with Crippen molar-refractivity contribution in [3.8, 4) is 0 Å². The summed E-state index contributed by atoms with van der Waals surface area (Å²) < 4.78 is 13.3. The normalized spacial score (nSPS) is 10.8. The lowest BCUT2D eigenvalue weighted by Crippen LogP contribution is -1.98. The molecule has 0 saturated heterocycles. The van der Waals surface area contributed by atoms with E-state index in [9.17, 15) is 4.39 Å². The number of halogens is 3. The lowest BCUT2D eigenvalue weighted by molar-refractivity contribution is 0.628. The summed E-state index contributed by atoms with van der Waals surface area (Å²) >= 11 is 11.7. The smallest absolute Gasteiger partial charge is 0.160 e. The summed E-state index contributed by atoms with van der Waals surface area (Å²) in [5.74, 6) is -0.0106. The molecule has 0 radical (unpaired) electrons. The average Bonchev–Trinajstić information content (AvgIpc) is 2.38. The van der Waals surface area contributed by atoms with Crippen molar-refractivity contribution < 1.29 is 4.39 Å². The predicted octanol–water partition coefficient (Wildman–Crippen LogP) is 4.21. The number of rotatable bonds is 2. The number of pyridine rings is 1. The van der Waals surface area contributed by atoms with Gasteiger partial charge in [0.2, 0.25) is 0 Å². The SMILES string of the molecule is Fc1cc(Cl)cc(Nc2ncnc3ccc(Cl)nc23)c1. The number of hydrogen-bond acceptors (Lipinski definition) is 4. The van der Waals surface area contributed by atoms with Gasteiger partial charge in [-0.2, -0.15) is 0 Å². The van der Waals surface area contributed by atoms with Crippen LogP contribution in [0.25, 0.3) is 11.0 Å². The van der Waals surface area contributed by atoms with Crippen molar-refractivity contribution in [2.24, 2.45) is 0 Å². The highest BCUT2D eigenvalue weighted by Crippen LogP contribution is 2.25. The zero-order valence-electron chi connectivity index (χ0n) is 9.94. The number of hydrogen-bond donors (Lipinski definition) is 1. The molecule has 0 bridgehead atoms. The molecule has 1 N–H and O–H groups in total. The molecule has 3 aromatic rings. The molecule has 7 heteroatoms. The van der Waals surface area contributed by atoms with E-state index >= 15 is 0 Å². The van der Waals surface area contributed by atoms with Gasteiger partial charge >= 0.3 is 0 Å². The molecule has 0 aliphatic rings. The van der Waals surface area contributed by atoms with Crippen LogP contribution in [0.3, 0.4) is 0 Å². The van der Waals surface area contributed by atoms with E-state index in [2.05, 4.69) is 20.3 Å². The summed E-state index contributed by atoms with van der Waals surface area (Å²) in [7, 11) is 0. The molecule has 2 heterocycles. The summed E-state index contributed by atoms with van der Waals surface area (Å²) in [4.78, 5) is 12.3. The first-order chi connectivity index (χ1) is 9.61. The number of aromatic nitrogens is 3. The van der Waals surface area contributed by atoms with E-state index in [1.165, 1.54) is 18.5 Å². The van der Waals surface area contributed by atoms with Crippen LogP contribution in [0.5, 0.6) is 0 Å². The maximum atomic E-state index is 13.3. The highest BCUT2D eigenvalue weighted by atomic mass is 35.5. The number of benzene rings is 1. The Balaban J connectivity index is 2.08. The maximum Gasteiger partial charge on any atom is 0.160 e. The summed E-state index contributed by atoms with van der Waals surface area (Å²) in [5.41, 5.74) is 1.60. The molecule has 2 aromatic heterocycles. The zero-order valence-corrected chi connectivity index (χ0v) is 11.5. The molecule has 1 aromatic carbocycles. The van der Waals surface area contributed by atoms with Gasteiger partial charge in [-0.1, -0.05) is 23.2 Å². The van der Waals surface area contributed by atoms with Gasteiger partial charge in [0.1, 0.15) is 22.8 Å². The first kappa shape index (κ1) is 13.0. The molecule has 0 spiro atoms. The predicted molar refractivity (Wildman–Crippen MR) is 77.0 cm³/mol. The van der Waals surface area contributed by atoms with Crippen molar-refractivity contribution in [3.63, 3.8) is 0 Å². The molecule has 100 valence electrons. The number of fused-ring (bicyclic) bond motifs is 1. The first-order valence-electron chi connectivity index (χ1n) is 5.62. The summed E-state index contributed by atoms with van der Waals surface area (Å²) in [5, 5.41) is 3.57. The Hall–Kier alpha value is -1.98. The van der Waals surface area contributed by atoms with Crippen molar-refractivity contribution in [2.75, 3.05) is 5.32 Å². The van der Waals surface area contributed by atoms with Crippen molar-refractivity contribution in [1.29, 1.82) is 0 Å². The topological polar surface area (TPSA) is 50.7 Å². The molecule has 3 rings (SSSR count). The van der Waals surface area contributed by atoms with E-state index in [-0.39, 0.29) is 5.02 Å². The van der Waals surface area contributed by atoms with Crippen LogP contribution in [0.2, 0.25) is 10.2 Å². The average molecular weight is 309 g/mol. The van der Waals surface area contributed by atoms with Crippen LogP contribution in [-0.2, 0) is 0 Å². The molecular weight excluding hydrogens is 302 g/mol. The maximum absolute atomic E-state index is 13.3. The Labute approximate surface area is 123 Å². The Bertz CT molecular complexity index is 774. The van der Waals surface area contributed by atoms with E-state index in [1.54, 1.807) is 18.2 Å². The molecule has 0 atom stereocenters. The van der Waals surface area contributed by atoms with Gasteiger partial charge < -0.3 is 5.32 Å². The van der Waals surface area contributed by atoms with Gasteiger partial charge in [-0.05, 0) is 30.3 Å². The van der Waals surface area contributed by atoms with Gasteiger partial charge in [0, 0.05) is 10.7 Å². The third-order valence-corrected chi connectivity index (χ3v) is 3.00. The van der Waals surface area contributed by atoms with E-state index in [0.717, 1.165) is 0 Å².